The van der Waals surface area contributed by atoms with E-state index < -0.39 is 0 Å². The van der Waals surface area contributed by atoms with Gasteiger partial charge < -0.3 is 0 Å². The summed E-state index contributed by atoms with van der Waals surface area (Å²) in [6.07, 6.45) is 1.82. The van der Waals surface area contributed by atoms with Crippen LogP contribution in [0.5, 0.6) is 0 Å². The number of nitrogens with one attached hydrogen (secondary N) is 1. The summed E-state index contributed by atoms with van der Waals surface area (Å²) in [6.45, 7) is 8.80. The van der Waals surface area contributed by atoms with Crippen molar-refractivity contribution in [1.82, 2.24) is 14.8 Å². The highest BCUT2D eigenvalue weighted by Crippen LogP contribution is 2.28. The van der Waals surface area contributed by atoms with E-state index in [0.29, 0.717) is 17.2 Å². The number of aromatic nitrogens is 3. The third kappa shape index (κ3) is 2.40. The van der Waals surface area contributed by atoms with Crippen LogP contribution in [-0.4, -0.2) is 14.8 Å². The van der Waals surface area contributed by atoms with Crippen LogP contribution in [0.15, 0.2) is 24.1 Å². The Morgan fingerprint density at radius 1 is 1.65 bits per heavy atom. The zero-order valence-corrected chi connectivity index (χ0v) is 11.6. The van der Waals surface area contributed by atoms with Gasteiger partial charge in [0, 0.05) is 22.4 Å². The first-order valence-electron chi connectivity index (χ1n) is 5.48. The molecule has 0 aliphatic carbocycles. The van der Waals surface area contributed by atoms with Gasteiger partial charge in [0.25, 0.3) is 0 Å². The minimum absolute atomic E-state index is 0.545. The van der Waals surface area contributed by atoms with Crippen molar-refractivity contribution in [3.05, 3.63) is 33.7 Å². The number of rotatable bonds is 4. The fourth-order valence-corrected chi connectivity index (χ4v) is 2.72. The third-order valence-corrected chi connectivity index (χ3v) is 4.06. The molecule has 0 bridgehead atoms. The van der Waals surface area contributed by atoms with Gasteiger partial charge in [0.2, 0.25) is 0 Å². The molecule has 3 nitrogen and oxygen atoms in total. The van der Waals surface area contributed by atoms with Crippen LogP contribution in [0.4, 0.5) is 0 Å². The lowest BCUT2D eigenvalue weighted by atomic mass is 10.1. The molecule has 0 atom stereocenters. The Labute approximate surface area is 110 Å². The second-order valence-electron chi connectivity index (χ2n) is 4.14. The molecule has 90 valence electrons. The minimum atomic E-state index is 0.545. The van der Waals surface area contributed by atoms with E-state index in [1.165, 1.54) is 4.88 Å². The highest BCUT2D eigenvalue weighted by atomic mass is 32.1. The van der Waals surface area contributed by atoms with Crippen molar-refractivity contribution in [2.24, 2.45) is 0 Å². The van der Waals surface area contributed by atoms with Crippen molar-refractivity contribution >= 4 is 23.6 Å². The molecular formula is C12H15N3S2. The van der Waals surface area contributed by atoms with Crippen LogP contribution in [0.2, 0.25) is 0 Å². The first kappa shape index (κ1) is 12.3. The van der Waals surface area contributed by atoms with E-state index in [1.807, 2.05) is 10.6 Å². The van der Waals surface area contributed by atoms with Crippen LogP contribution in [-0.2, 0) is 6.54 Å². The van der Waals surface area contributed by atoms with Gasteiger partial charge in [0.15, 0.2) is 10.6 Å². The molecule has 0 aliphatic heterocycles. The molecule has 0 fully saturated rings. The lowest BCUT2D eigenvalue weighted by Crippen LogP contribution is -1.97. The number of hydrogen-bond donors (Lipinski definition) is 1. The van der Waals surface area contributed by atoms with Gasteiger partial charge in [-0.25, -0.2) is 0 Å². The molecule has 2 rings (SSSR count). The molecule has 5 heteroatoms. The van der Waals surface area contributed by atoms with Gasteiger partial charge in [0.1, 0.15) is 0 Å². The minimum Gasteiger partial charge on any atom is -0.296 e. The molecule has 0 saturated heterocycles. The van der Waals surface area contributed by atoms with Crippen LogP contribution in [0, 0.1) is 4.77 Å². The number of aromatic amines is 1. The fraction of sp³-hybridized carbons (Fsp3) is 0.333. The standard InChI is InChI=1S/C12H15N3S2/c1-4-5-15-11(13-14-12(15)16)9-6-10(8(2)3)17-7-9/h4,6-8H,1,5H2,2-3H3,(H,14,16). The summed E-state index contributed by atoms with van der Waals surface area (Å²) in [7, 11) is 0. The van der Waals surface area contributed by atoms with Gasteiger partial charge in [-0.05, 0) is 24.2 Å². The van der Waals surface area contributed by atoms with E-state index >= 15 is 0 Å². The van der Waals surface area contributed by atoms with E-state index in [0.717, 1.165) is 11.4 Å². The van der Waals surface area contributed by atoms with Crippen LogP contribution in [0.25, 0.3) is 11.4 Å². The first-order chi connectivity index (χ1) is 8.13. The van der Waals surface area contributed by atoms with E-state index in [9.17, 15) is 0 Å². The van der Waals surface area contributed by atoms with Crippen molar-refractivity contribution in [1.29, 1.82) is 0 Å². The summed E-state index contributed by atoms with van der Waals surface area (Å²) in [5.74, 6) is 1.43. The first-order valence-corrected chi connectivity index (χ1v) is 6.77. The van der Waals surface area contributed by atoms with Gasteiger partial charge in [-0.1, -0.05) is 19.9 Å². The van der Waals surface area contributed by atoms with Crippen molar-refractivity contribution in [2.45, 2.75) is 26.3 Å². The molecule has 0 amide bonds. The Bertz CT molecular complexity index is 575. The highest BCUT2D eigenvalue weighted by molar-refractivity contribution is 7.71. The SMILES string of the molecule is C=CCn1c(-c2csc(C(C)C)c2)n[nH]c1=S. The Hall–Kier alpha value is -1.20. The van der Waals surface area contributed by atoms with Gasteiger partial charge in [-0.15, -0.1) is 17.9 Å². The monoisotopic (exact) mass is 265 g/mol. The normalized spacial score (nSPS) is 11.0. The lowest BCUT2D eigenvalue weighted by Gasteiger charge is -2.01. The number of allylic oxidation sites excluding steroid dienone is 1. The number of hydrogen-bond acceptors (Lipinski definition) is 3. The number of thiophene rings is 1. The highest BCUT2D eigenvalue weighted by Gasteiger charge is 2.11. The molecule has 1 N–H and O–H groups in total. The molecule has 0 aliphatic rings. The molecule has 0 radical (unpaired) electrons. The maximum atomic E-state index is 5.20. The van der Waals surface area contributed by atoms with E-state index in [1.54, 1.807) is 11.3 Å². The quantitative estimate of drug-likeness (QED) is 0.670. The Morgan fingerprint density at radius 2 is 2.41 bits per heavy atom. The Morgan fingerprint density at radius 3 is 3.00 bits per heavy atom. The van der Waals surface area contributed by atoms with Crippen molar-refractivity contribution in [3.8, 4) is 11.4 Å². The van der Waals surface area contributed by atoms with Gasteiger partial charge >= 0.3 is 0 Å². The average molecular weight is 265 g/mol. The molecule has 0 unspecified atom stereocenters. The van der Waals surface area contributed by atoms with Crippen molar-refractivity contribution in [2.75, 3.05) is 0 Å². The van der Waals surface area contributed by atoms with Crippen LogP contribution < -0.4 is 0 Å². The molecule has 17 heavy (non-hydrogen) atoms. The summed E-state index contributed by atoms with van der Waals surface area (Å²) in [4.78, 5) is 1.36. The summed E-state index contributed by atoms with van der Waals surface area (Å²) in [5.41, 5.74) is 1.12. The van der Waals surface area contributed by atoms with Crippen molar-refractivity contribution < 1.29 is 0 Å². The predicted octanol–water partition coefficient (Wildman–Crippen LogP) is 3.98. The topological polar surface area (TPSA) is 33.6 Å². The van der Waals surface area contributed by atoms with Crippen LogP contribution >= 0.6 is 23.6 Å². The van der Waals surface area contributed by atoms with Crippen LogP contribution in [0.1, 0.15) is 24.6 Å². The maximum absolute atomic E-state index is 5.20. The van der Waals surface area contributed by atoms with E-state index in [4.69, 9.17) is 12.2 Å². The summed E-state index contributed by atoms with van der Waals surface area (Å²) in [5, 5.41) is 9.24. The third-order valence-electron chi connectivity index (χ3n) is 2.52. The molecule has 2 aromatic heterocycles. The molecule has 0 saturated carbocycles. The van der Waals surface area contributed by atoms with E-state index in [2.05, 4.69) is 42.1 Å². The second-order valence-corrected chi connectivity index (χ2v) is 5.47. The van der Waals surface area contributed by atoms with Crippen molar-refractivity contribution in [3.63, 3.8) is 0 Å². The summed E-state index contributed by atoms with van der Waals surface area (Å²) >= 11 is 6.96. The summed E-state index contributed by atoms with van der Waals surface area (Å²) < 4.78 is 2.59. The number of H-pyrrole nitrogens is 1. The summed E-state index contributed by atoms with van der Waals surface area (Å²) in [6, 6.07) is 2.18. The predicted molar refractivity (Wildman–Crippen MR) is 75.0 cm³/mol. The van der Waals surface area contributed by atoms with E-state index in [-0.39, 0.29) is 0 Å². The Balaban J connectivity index is 2.45. The molecular weight excluding hydrogens is 250 g/mol. The largest absolute Gasteiger partial charge is 0.296 e. The Kier molecular flexibility index (Phi) is 3.59. The van der Waals surface area contributed by atoms with Gasteiger partial charge in [-0.3, -0.25) is 9.67 Å². The second kappa shape index (κ2) is 4.98. The number of nitrogens with zero attached hydrogens (tertiary/aromatic N) is 2. The zero-order chi connectivity index (χ0) is 12.4. The molecule has 0 aromatic carbocycles. The maximum Gasteiger partial charge on any atom is 0.195 e. The molecule has 2 aromatic rings. The lowest BCUT2D eigenvalue weighted by molar-refractivity contribution is 0.814. The molecule has 2 heterocycles. The van der Waals surface area contributed by atoms with Gasteiger partial charge in [-0.2, -0.15) is 5.10 Å². The average Bonchev–Trinajstić information content (AvgIpc) is 2.87. The smallest absolute Gasteiger partial charge is 0.195 e. The fourth-order valence-electron chi connectivity index (χ4n) is 1.61. The molecule has 0 spiro atoms. The van der Waals surface area contributed by atoms with Crippen LogP contribution in [0.3, 0.4) is 0 Å². The zero-order valence-electron chi connectivity index (χ0n) is 9.93. The van der Waals surface area contributed by atoms with Gasteiger partial charge in [0.05, 0.1) is 0 Å².